The van der Waals surface area contributed by atoms with E-state index in [0.29, 0.717) is 17.9 Å². The van der Waals surface area contributed by atoms with Crippen molar-refractivity contribution in [1.82, 2.24) is 4.90 Å². The Morgan fingerprint density at radius 2 is 1.86 bits per heavy atom. The van der Waals surface area contributed by atoms with Gasteiger partial charge in [-0.25, -0.2) is 4.79 Å². The summed E-state index contributed by atoms with van der Waals surface area (Å²) in [6.07, 6.45) is -0.479. The molecule has 0 atom stereocenters. The fraction of sp³-hybridized carbons (Fsp3) is 0.200. The van der Waals surface area contributed by atoms with E-state index in [-0.39, 0.29) is 28.2 Å². The van der Waals surface area contributed by atoms with Gasteiger partial charge >= 0.3 is 6.09 Å². The summed E-state index contributed by atoms with van der Waals surface area (Å²) >= 11 is 0. The van der Waals surface area contributed by atoms with Crippen molar-refractivity contribution in [3.05, 3.63) is 46.6 Å². The molecule has 0 aliphatic carbocycles. The van der Waals surface area contributed by atoms with Crippen molar-refractivity contribution in [2.75, 3.05) is 20.7 Å². The van der Waals surface area contributed by atoms with E-state index in [1.807, 2.05) is 6.92 Å². The van der Waals surface area contributed by atoms with Crippen molar-refractivity contribution in [1.29, 1.82) is 0 Å². The predicted octanol–water partition coefficient (Wildman–Crippen LogP) is 3.33. The number of fused-ring (bicyclic) bond motifs is 1. The molecule has 0 saturated carbocycles. The van der Waals surface area contributed by atoms with Crippen molar-refractivity contribution in [3.8, 4) is 34.3 Å². The van der Waals surface area contributed by atoms with E-state index < -0.39 is 17.3 Å². The summed E-state index contributed by atoms with van der Waals surface area (Å²) in [5.74, 6) is -0.465. The van der Waals surface area contributed by atoms with Crippen LogP contribution in [0.15, 0.2) is 45.6 Å². The molecule has 0 unspecified atom stereocenters. The molecule has 3 aromatic rings. The molecule has 0 aliphatic rings. The second-order valence-corrected chi connectivity index (χ2v) is 6.03. The first kappa shape index (κ1) is 19.1. The average molecular weight is 385 g/mol. The molecule has 0 radical (unpaired) electrons. The lowest BCUT2D eigenvalue weighted by Crippen LogP contribution is -2.29. The molecule has 8 heteroatoms. The van der Waals surface area contributed by atoms with Gasteiger partial charge in [0.2, 0.25) is 5.75 Å². The Kier molecular flexibility index (Phi) is 5.12. The van der Waals surface area contributed by atoms with Gasteiger partial charge in [0.05, 0.1) is 7.11 Å². The highest BCUT2D eigenvalue weighted by Crippen LogP contribution is 2.41. The number of phenolic OH excluding ortho intramolecular Hbond substituents is 2. The lowest BCUT2D eigenvalue weighted by molar-refractivity contribution is 0.165. The molecule has 1 aromatic heterocycles. The number of aromatic hydroxyl groups is 2. The van der Waals surface area contributed by atoms with Gasteiger partial charge in [0.1, 0.15) is 22.5 Å². The standard InChI is InChI=1S/C20H19NO7/c1-4-21(2)20(25)27-12-7-5-11(6-8-12)15-9-13(22)17-16(28-15)10-14(23)19(26-3)18(17)24/h5-10,23-24H,4H2,1-3H3. The fourth-order valence-electron chi connectivity index (χ4n) is 2.61. The highest BCUT2D eigenvalue weighted by molar-refractivity contribution is 5.89. The van der Waals surface area contributed by atoms with Gasteiger partial charge in [0.25, 0.3) is 0 Å². The maximum absolute atomic E-state index is 12.5. The molecule has 0 spiro atoms. The summed E-state index contributed by atoms with van der Waals surface area (Å²) < 4.78 is 15.8. The number of ether oxygens (including phenoxy) is 2. The minimum Gasteiger partial charge on any atom is -0.504 e. The molecule has 3 rings (SSSR count). The number of rotatable bonds is 4. The third kappa shape index (κ3) is 3.44. The smallest absolute Gasteiger partial charge is 0.414 e. The Hall–Kier alpha value is -3.68. The van der Waals surface area contributed by atoms with Crippen LogP contribution in [0.2, 0.25) is 0 Å². The van der Waals surface area contributed by atoms with Crippen LogP contribution in [0, 0.1) is 0 Å². The van der Waals surface area contributed by atoms with Gasteiger partial charge in [-0.1, -0.05) is 0 Å². The number of carbonyl (C=O) groups excluding carboxylic acids is 1. The van der Waals surface area contributed by atoms with E-state index in [1.54, 1.807) is 31.3 Å². The number of hydrogen-bond donors (Lipinski definition) is 2. The van der Waals surface area contributed by atoms with Gasteiger partial charge in [-0.05, 0) is 31.2 Å². The van der Waals surface area contributed by atoms with Crippen LogP contribution in [0.5, 0.6) is 23.0 Å². The van der Waals surface area contributed by atoms with Crippen LogP contribution in [-0.4, -0.2) is 41.9 Å². The predicted molar refractivity (Wildman–Crippen MR) is 102 cm³/mol. The van der Waals surface area contributed by atoms with E-state index in [2.05, 4.69) is 0 Å². The van der Waals surface area contributed by atoms with Crippen LogP contribution in [0.3, 0.4) is 0 Å². The number of carbonyl (C=O) groups is 1. The zero-order valence-electron chi connectivity index (χ0n) is 15.6. The highest BCUT2D eigenvalue weighted by Gasteiger charge is 2.18. The van der Waals surface area contributed by atoms with Gasteiger partial charge in [0, 0.05) is 31.3 Å². The summed E-state index contributed by atoms with van der Waals surface area (Å²) in [6, 6.07) is 8.83. The topological polar surface area (TPSA) is 109 Å². The minimum absolute atomic E-state index is 0.0124. The fourth-order valence-corrected chi connectivity index (χ4v) is 2.61. The van der Waals surface area contributed by atoms with Crippen LogP contribution in [0.25, 0.3) is 22.3 Å². The van der Waals surface area contributed by atoms with Crippen LogP contribution in [-0.2, 0) is 0 Å². The summed E-state index contributed by atoms with van der Waals surface area (Å²) in [4.78, 5) is 25.7. The molecule has 1 heterocycles. The molecular formula is C20H19NO7. The Bertz CT molecular complexity index is 1090. The molecular weight excluding hydrogens is 366 g/mol. The Morgan fingerprint density at radius 1 is 1.18 bits per heavy atom. The molecule has 146 valence electrons. The van der Waals surface area contributed by atoms with E-state index in [1.165, 1.54) is 24.1 Å². The minimum atomic E-state index is -0.493. The number of methoxy groups -OCH3 is 1. The van der Waals surface area contributed by atoms with Gasteiger partial charge in [-0.3, -0.25) is 4.79 Å². The van der Waals surface area contributed by atoms with Crippen molar-refractivity contribution in [2.45, 2.75) is 6.92 Å². The molecule has 0 aliphatic heterocycles. The second-order valence-electron chi connectivity index (χ2n) is 6.03. The Labute approximate surface area is 160 Å². The van der Waals surface area contributed by atoms with Crippen molar-refractivity contribution < 1.29 is 28.9 Å². The van der Waals surface area contributed by atoms with Crippen LogP contribution in [0.4, 0.5) is 4.79 Å². The average Bonchev–Trinajstić information content (AvgIpc) is 2.67. The van der Waals surface area contributed by atoms with Gasteiger partial charge in [-0.15, -0.1) is 0 Å². The summed E-state index contributed by atoms with van der Waals surface area (Å²) in [7, 11) is 2.89. The largest absolute Gasteiger partial charge is 0.504 e. The lowest BCUT2D eigenvalue weighted by Gasteiger charge is -2.14. The number of amides is 1. The third-order valence-corrected chi connectivity index (χ3v) is 4.26. The van der Waals surface area contributed by atoms with Crippen LogP contribution >= 0.6 is 0 Å². The summed E-state index contributed by atoms with van der Waals surface area (Å²) in [5.41, 5.74) is 0.0722. The first-order valence-corrected chi connectivity index (χ1v) is 8.45. The van der Waals surface area contributed by atoms with E-state index in [0.717, 1.165) is 0 Å². The normalized spacial score (nSPS) is 10.7. The molecule has 0 bridgehead atoms. The summed E-state index contributed by atoms with van der Waals surface area (Å²) in [6.45, 7) is 2.35. The Morgan fingerprint density at radius 3 is 2.46 bits per heavy atom. The summed E-state index contributed by atoms with van der Waals surface area (Å²) in [5, 5.41) is 20.0. The molecule has 2 aromatic carbocycles. The van der Waals surface area contributed by atoms with Crippen LogP contribution in [0.1, 0.15) is 6.92 Å². The monoisotopic (exact) mass is 385 g/mol. The van der Waals surface area contributed by atoms with Crippen molar-refractivity contribution in [3.63, 3.8) is 0 Å². The maximum atomic E-state index is 12.5. The molecule has 8 nitrogen and oxygen atoms in total. The zero-order valence-corrected chi connectivity index (χ0v) is 15.6. The number of benzene rings is 2. The van der Waals surface area contributed by atoms with Gasteiger partial charge in [-0.2, -0.15) is 0 Å². The molecule has 0 fully saturated rings. The molecule has 0 saturated heterocycles. The number of hydrogen-bond acceptors (Lipinski definition) is 7. The third-order valence-electron chi connectivity index (χ3n) is 4.26. The molecule has 2 N–H and O–H groups in total. The van der Waals surface area contributed by atoms with Crippen molar-refractivity contribution in [2.24, 2.45) is 0 Å². The first-order valence-electron chi connectivity index (χ1n) is 8.45. The number of phenols is 2. The quantitative estimate of drug-likeness (QED) is 0.709. The van der Waals surface area contributed by atoms with Crippen molar-refractivity contribution >= 4 is 17.1 Å². The highest BCUT2D eigenvalue weighted by atomic mass is 16.6. The molecule has 1 amide bonds. The van der Waals surface area contributed by atoms with Gasteiger partial charge < -0.3 is 29.0 Å². The number of nitrogens with zero attached hydrogens (tertiary/aromatic N) is 1. The SMILES string of the molecule is CCN(C)C(=O)Oc1ccc(-c2cc(=O)c3c(O)c(OC)c(O)cc3o2)cc1. The first-order chi connectivity index (χ1) is 13.3. The zero-order chi connectivity index (χ0) is 20.4. The molecule has 28 heavy (non-hydrogen) atoms. The van der Waals surface area contributed by atoms with E-state index >= 15 is 0 Å². The van der Waals surface area contributed by atoms with Gasteiger partial charge in [0.15, 0.2) is 16.9 Å². The lowest BCUT2D eigenvalue weighted by atomic mass is 10.1. The Balaban J connectivity index is 1.98. The van der Waals surface area contributed by atoms with E-state index in [9.17, 15) is 19.8 Å². The maximum Gasteiger partial charge on any atom is 0.414 e. The van der Waals surface area contributed by atoms with Crippen LogP contribution < -0.4 is 14.9 Å². The second kappa shape index (κ2) is 7.51. The van der Waals surface area contributed by atoms with E-state index in [4.69, 9.17) is 13.9 Å².